The van der Waals surface area contributed by atoms with Crippen LogP contribution in [0.3, 0.4) is 0 Å². The van der Waals surface area contributed by atoms with Crippen LogP contribution in [0, 0.1) is 0 Å². The summed E-state index contributed by atoms with van der Waals surface area (Å²) in [5, 5.41) is 10.2. The van der Waals surface area contributed by atoms with Crippen molar-refractivity contribution in [1.29, 1.82) is 0 Å². The smallest absolute Gasteiger partial charge is 0.465 e. The molecule has 16 nitrogen and oxygen atoms in total. The molecule has 1 aromatic rings. The molecule has 4 atom stereocenters. The van der Waals surface area contributed by atoms with Gasteiger partial charge < -0.3 is 35.2 Å². The Morgan fingerprint density at radius 1 is 1.23 bits per heavy atom. The summed E-state index contributed by atoms with van der Waals surface area (Å²) in [6.45, 7) is -1.04. The van der Waals surface area contributed by atoms with Crippen LogP contribution in [0.2, 0.25) is 0 Å². The zero-order chi connectivity index (χ0) is 23.0. The number of phosphoric acid groups is 3. The van der Waals surface area contributed by atoms with Gasteiger partial charge in [-0.25, -0.2) is 23.1 Å². The van der Waals surface area contributed by atoms with Crippen LogP contribution >= 0.6 is 35.1 Å². The van der Waals surface area contributed by atoms with Crippen LogP contribution in [0.5, 0.6) is 0 Å². The van der Waals surface area contributed by atoms with E-state index in [0.717, 1.165) is 16.8 Å². The summed E-state index contributed by atoms with van der Waals surface area (Å²) in [7, 11) is -16.8. The van der Waals surface area contributed by atoms with E-state index in [1.54, 1.807) is 0 Å². The van der Waals surface area contributed by atoms with Gasteiger partial charge in [-0.05, 0) is 6.07 Å². The monoisotopic (exact) mass is 513 g/mol. The third kappa shape index (κ3) is 6.44. The van der Waals surface area contributed by atoms with Crippen molar-refractivity contribution >= 4 is 46.8 Å². The van der Waals surface area contributed by atoms with Gasteiger partial charge in [-0.3, -0.25) is 4.52 Å². The number of aliphatic hydroxyl groups is 1. The average Bonchev–Trinajstić information content (AvgIpc) is 2.86. The molecule has 0 aromatic carbocycles. The number of nitrogens with two attached hydrogens (primary N) is 1. The van der Waals surface area contributed by atoms with Gasteiger partial charge in [0.05, 0.1) is 5.88 Å². The van der Waals surface area contributed by atoms with Crippen molar-refractivity contribution in [2.24, 2.45) is 0 Å². The number of aromatic nitrogens is 2. The topological polar surface area (TPSA) is 250 Å². The zero-order valence-electron chi connectivity index (χ0n) is 14.4. The standard InChI is InChI=1S/C10H15ClN3O13P3/c11-4-10(5-24-29(20,21)27-30(22,23)26-28(17,18)19)6(15)3-8(25-10)14-2-1-7(12)13-9(14)16/h1-3,6,15H,4-5H2,(H,20,21)(H,22,23)(H2,12,13,16)(H2,17,18,19)/t6-,10+/m0/s1. The number of hydrogen-bond donors (Lipinski definition) is 6. The lowest BCUT2D eigenvalue weighted by Crippen LogP contribution is -2.46. The molecule has 0 spiro atoms. The molecule has 7 N–H and O–H groups in total. The van der Waals surface area contributed by atoms with Crippen LogP contribution < -0.4 is 11.4 Å². The Morgan fingerprint density at radius 3 is 2.40 bits per heavy atom. The zero-order valence-corrected chi connectivity index (χ0v) is 17.9. The molecule has 1 aliphatic heterocycles. The SMILES string of the molecule is Nc1ccn(C2=C[C@H](O)[C@@](CCl)(COP(=O)(O)OP(=O)(O)OP(=O)(O)O)O2)c(=O)n1. The fraction of sp³-hybridized carbons (Fsp3) is 0.400. The molecule has 170 valence electrons. The number of alkyl halides is 1. The first-order valence-electron chi connectivity index (χ1n) is 7.37. The van der Waals surface area contributed by atoms with Crippen molar-refractivity contribution in [2.75, 3.05) is 18.2 Å². The number of hydrogen-bond acceptors (Lipinski definition) is 11. The normalized spacial score (nSPS) is 25.8. The summed E-state index contributed by atoms with van der Waals surface area (Å²) in [6, 6.07) is 1.24. The molecule has 0 radical (unpaired) electrons. The lowest BCUT2D eigenvalue weighted by molar-refractivity contribution is -0.0514. The van der Waals surface area contributed by atoms with E-state index in [0.29, 0.717) is 0 Å². The summed E-state index contributed by atoms with van der Waals surface area (Å²) in [5.41, 5.74) is 2.51. The summed E-state index contributed by atoms with van der Waals surface area (Å²) in [5.74, 6) is -0.955. The Morgan fingerprint density at radius 2 is 1.87 bits per heavy atom. The van der Waals surface area contributed by atoms with E-state index < -0.39 is 53.3 Å². The predicted molar refractivity (Wildman–Crippen MR) is 97.5 cm³/mol. The van der Waals surface area contributed by atoms with E-state index in [9.17, 15) is 28.5 Å². The van der Waals surface area contributed by atoms with Crippen molar-refractivity contribution in [2.45, 2.75) is 11.7 Å². The number of ether oxygens (including phenoxy) is 1. The minimum absolute atomic E-state index is 0.0911. The second-order valence-corrected chi connectivity index (χ2v) is 10.3. The largest absolute Gasteiger partial charge is 0.490 e. The summed E-state index contributed by atoms with van der Waals surface area (Å²) < 4.78 is 51.6. The fourth-order valence-corrected chi connectivity index (χ4v) is 5.42. The Hall–Kier alpha value is -1.12. The molecule has 2 heterocycles. The van der Waals surface area contributed by atoms with Gasteiger partial charge in [0.2, 0.25) is 5.88 Å². The average molecular weight is 514 g/mol. The van der Waals surface area contributed by atoms with E-state index in [1.807, 2.05) is 0 Å². The molecule has 0 fully saturated rings. The maximum atomic E-state index is 11.9. The van der Waals surface area contributed by atoms with E-state index >= 15 is 0 Å². The number of nitrogens with zero attached hydrogens (tertiary/aromatic N) is 2. The van der Waals surface area contributed by atoms with Crippen molar-refractivity contribution in [3.05, 3.63) is 28.8 Å². The molecule has 0 aliphatic carbocycles. The van der Waals surface area contributed by atoms with Gasteiger partial charge in [0, 0.05) is 12.3 Å². The first-order chi connectivity index (χ1) is 13.6. The van der Waals surface area contributed by atoms with Crippen LogP contribution in [0.25, 0.3) is 5.88 Å². The van der Waals surface area contributed by atoms with Crippen LogP contribution in [0.15, 0.2) is 23.1 Å². The number of phosphoric ester groups is 1. The van der Waals surface area contributed by atoms with Crippen LogP contribution in [0.4, 0.5) is 5.82 Å². The van der Waals surface area contributed by atoms with Crippen molar-refractivity contribution in [1.82, 2.24) is 9.55 Å². The molecular weight excluding hydrogens is 498 g/mol. The maximum Gasteiger partial charge on any atom is 0.490 e. The number of aliphatic hydroxyl groups excluding tert-OH is 1. The number of anilines is 1. The van der Waals surface area contributed by atoms with Gasteiger partial charge in [0.15, 0.2) is 5.60 Å². The van der Waals surface area contributed by atoms with Crippen LogP contribution in [-0.4, -0.2) is 58.4 Å². The molecule has 30 heavy (non-hydrogen) atoms. The van der Waals surface area contributed by atoms with Crippen LogP contribution in [0.1, 0.15) is 0 Å². The van der Waals surface area contributed by atoms with Gasteiger partial charge in [0.1, 0.15) is 18.5 Å². The Kier molecular flexibility index (Phi) is 7.36. The number of rotatable bonds is 9. The predicted octanol–water partition coefficient (Wildman–Crippen LogP) is -0.664. The lowest BCUT2D eigenvalue weighted by atomic mass is 10.0. The highest BCUT2D eigenvalue weighted by Crippen LogP contribution is 2.66. The highest BCUT2D eigenvalue weighted by atomic mass is 35.5. The molecular formula is C10H15ClN3O13P3. The van der Waals surface area contributed by atoms with Gasteiger partial charge in [-0.15, -0.1) is 11.6 Å². The van der Waals surface area contributed by atoms with E-state index in [4.69, 9.17) is 36.8 Å². The summed E-state index contributed by atoms with van der Waals surface area (Å²) in [6.07, 6.45) is 0.555. The molecule has 2 unspecified atom stereocenters. The number of halogens is 1. The van der Waals surface area contributed by atoms with Crippen molar-refractivity contribution in [3.63, 3.8) is 0 Å². The quantitative estimate of drug-likeness (QED) is 0.177. The molecule has 1 aromatic heterocycles. The first kappa shape index (κ1) is 25.1. The lowest BCUT2D eigenvalue weighted by Gasteiger charge is -2.30. The van der Waals surface area contributed by atoms with Crippen LogP contribution in [-0.2, 0) is 31.6 Å². The van der Waals surface area contributed by atoms with Crippen molar-refractivity contribution < 1.29 is 56.3 Å². The molecule has 20 heteroatoms. The highest BCUT2D eigenvalue weighted by Gasteiger charge is 2.48. The third-order valence-corrected chi connectivity index (χ3v) is 7.56. The van der Waals surface area contributed by atoms with Gasteiger partial charge in [0.25, 0.3) is 0 Å². The second kappa shape index (κ2) is 8.79. The Balaban J connectivity index is 2.15. The summed E-state index contributed by atoms with van der Waals surface area (Å²) in [4.78, 5) is 51.0. The summed E-state index contributed by atoms with van der Waals surface area (Å²) >= 11 is 5.76. The molecule has 1 aliphatic rings. The highest BCUT2D eigenvalue weighted by molar-refractivity contribution is 7.66. The minimum Gasteiger partial charge on any atom is -0.465 e. The fourth-order valence-electron chi connectivity index (χ4n) is 2.06. The molecule has 2 rings (SSSR count). The maximum absolute atomic E-state index is 11.9. The molecule has 0 amide bonds. The van der Waals surface area contributed by atoms with Crippen molar-refractivity contribution in [3.8, 4) is 0 Å². The second-order valence-electron chi connectivity index (χ2n) is 5.62. The van der Waals surface area contributed by atoms with E-state index in [2.05, 4.69) is 18.1 Å². The third-order valence-electron chi connectivity index (χ3n) is 3.32. The first-order valence-corrected chi connectivity index (χ1v) is 12.4. The number of nitrogen functional groups attached to an aromatic ring is 1. The molecule has 0 saturated carbocycles. The van der Waals surface area contributed by atoms with E-state index in [-0.39, 0.29) is 11.7 Å². The molecule has 0 saturated heterocycles. The van der Waals surface area contributed by atoms with Gasteiger partial charge >= 0.3 is 29.2 Å². The Labute approximate surface area is 171 Å². The van der Waals surface area contributed by atoms with Gasteiger partial charge in [-0.2, -0.15) is 13.6 Å². The minimum atomic E-state index is -5.73. The van der Waals surface area contributed by atoms with Gasteiger partial charge in [-0.1, -0.05) is 0 Å². The molecule has 0 bridgehead atoms. The van der Waals surface area contributed by atoms with E-state index in [1.165, 1.54) is 6.07 Å². The Bertz CT molecular complexity index is 1040.